The molecule has 3 aromatic rings. The van der Waals surface area contributed by atoms with Crippen molar-refractivity contribution in [3.8, 4) is 0 Å². The minimum Gasteiger partial charge on any atom is -0.293 e. The van der Waals surface area contributed by atoms with E-state index in [9.17, 15) is 9.59 Å². The molecular formula is C25H21Cl4NO2. The normalized spacial score (nSPS) is 13.9. The molecule has 166 valence electrons. The number of aryl methyl sites for hydroxylation is 1. The van der Waals surface area contributed by atoms with Crippen LogP contribution < -0.4 is 0 Å². The van der Waals surface area contributed by atoms with Gasteiger partial charge < -0.3 is 0 Å². The predicted octanol–water partition coefficient (Wildman–Crippen LogP) is 8.52. The fourth-order valence-corrected chi connectivity index (χ4v) is 5.25. The third-order valence-electron chi connectivity index (χ3n) is 5.92. The number of hydrogen-bond acceptors (Lipinski definition) is 3. The number of Topliss-reactive ketones (excluding diaryl/α,β-unsaturated/α-hetero) is 2. The molecular weight excluding hydrogens is 488 g/mol. The number of hydrogen-bond donors (Lipinski definition) is 0. The lowest BCUT2D eigenvalue weighted by molar-refractivity contribution is 0.0888. The number of pyridine rings is 1. The first-order valence-corrected chi connectivity index (χ1v) is 12.2. The molecule has 32 heavy (non-hydrogen) atoms. The van der Waals surface area contributed by atoms with Gasteiger partial charge >= 0.3 is 0 Å². The van der Waals surface area contributed by atoms with Crippen LogP contribution in [0.1, 0.15) is 76.9 Å². The summed E-state index contributed by atoms with van der Waals surface area (Å²) in [6, 6.07) is 9.71. The van der Waals surface area contributed by atoms with E-state index in [0.29, 0.717) is 5.69 Å². The van der Waals surface area contributed by atoms with Crippen LogP contribution >= 0.6 is 46.4 Å². The van der Waals surface area contributed by atoms with Gasteiger partial charge in [-0.3, -0.25) is 14.6 Å². The number of fused-ring (bicyclic) bond motifs is 2. The number of nitrogens with zero attached hydrogens (tertiary/aromatic N) is 1. The van der Waals surface area contributed by atoms with Crippen LogP contribution in [0.3, 0.4) is 0 Å². The van der Waals surface area contributed by atoms with Crippen molar-refractivity contribution in [3.05, 3.63) is 72.8 Å². The Bertz CT molecular complexity index is 1190. The van der Waals surface area contributed by atoms with Crippen molar-refractivity contribution >= 4 is 68.9 Å². The second-order valence-corrected chi connectivity index (χ2v) is 9.61. The van der Waals surface area contributed by atoms with Crippen molar-refractivity contribution in [2.45, 2.75) is 51.4 Å². The van der Waals surface area contributed by atoms with Gasteiger partial charge in [0.1, 0.15) is 5.92 Å². The largest absolute Gasteiger partial charge is 0.293 e. The quantitative estimate of drug-likeness (QED) is 0.139. The van der Waals surface area contributed by atoms with Gasteiger partial charge in [0.2, 0.25) is 0 Å². The fourth-order valence-electron chi connectivity index (χ4n) is 4.21. The topological polar surface area (TPSA) is 47.0 Å². The highest BCUT2D eigenvalue weighted by Crippen LogP contribution is 2.47. The smallest absolute Gasteiger partial charge is 0.182 e. The third kappa shape index (κ3) is 4.17. The zero-order valence-corrected chi connectivity index (χ0v) is 20.5. The predicted molar refractivity (Wildman–Crippen MR) is 132 cm³/mol. The minimum absolute atomic E-state index is 0.0152. The van der Waals surface area contributed by atoms with Gasteiger partial charge in [-0.1, -0.05) is 91.1 Å². The molecule has 0 saturated carbocycles. The SMILES string of the molecule is CCCCCCCc1ccc2nc(C3C(=O)c4c(Cl)c(Cl)c(Cl)c(Cl)c4C3=O)ccc2c1. The first-order chi connectivity index (χ1) is 15.3. The second kappa shape index (κ2) is 9.69. The lowest BCUT2D eigenvalue weighted by Crippen LogP contribution is -2.14. The molecule has 0 radical (unpaired) electrons. The van der Waals surface area contributed by atoms with Crippen molar-refractivity contribution < 1.29 is 9.59 Å². The van der Waals surface area contributed by atoms with Crippen LogP contribution in [0.15, 0.2) is 30.3 Å². The van der Waals surface area contributed by atoms with Crippen LogP contribution in [0.25, 0.3) is 10.9 Å². The van der Waals surface area contributed by atoms with Crippen LogP contribution in [0.5, 0.6) is 0 Å². The highest BCUT2D eigenvalue weighted by atomic mass is 35.5. The molecule has 0 aliphatic heterocycles. The van der Waals surface area contributed by atoms with Crippen molar-refractivity contribution in [2.75, 3.05) is 0 Å². The molecule has 4 rings (SSSR count). The van der Waals surface area contributed by atoms with Gasteiger partial charge in [0.25, 0.3) is 0 Å². The number of carbonyl (C=O) groups is 2. The standard InChI is InChI=1S/C25H21Cl4NO2/c1-2-3-4-5-6-7-13-8-10-15-14(12-13)9-11-16(30-15)17-24(31)18-19(25(17)32)21(27)23(29)22(28)20(18)26/h8-12,17H,2-7H2,1H3. The Morgan fingerprint density at radius 1 is 0.781 bits per heavy atom. The van der Waals surface area contributed by atoms with E-state index in [1.54, 1.807) is 6.07 Å². The summed E-state index contributed by atoms with van der Waals surface area (Å²) in [5.41, 5.74) is 2.37. The van der Waals surface area contributed by atoms with Crippen LogP contribution in [0, 0.1) is 0 Å². The molecule has 1 aliphatic carbocycles. The lowest BCUT2D eigenvalue weighted by Gasteiger charge is -2.09. The lowest BCUT2D eigenvalue weighted by atomic mass is 9.97. The summed E-state index contributed by atoms with van der Waals surface area (Å²) in [7, 11) is 0. The van der Waals surface area contributed by atoms with E-state index in [1.165, 1.54) is 31.2 Å². The Hall–Kier alpha value is -1.65. The zero-order valence-electron chi connectivity index (χ0n) is 17.5. The summed E-state index contributed by atoms with van der Waals surface area (Å²) in [5, 5.41) is 0.792. The number of unbranched alkanes of at least 4 members (excludes halogenated alkanes) is 4. The Morgan fingerprint density at radius 3 is 2.03 bits per heavy atom. The molecule has 3 nitrogen and oxygen atoms in total. The van der Waals surface area contributed by atoms with Crippen molar-refractivity contribution in [2.24, 2.45) is 0 Å². The summed E-state index contributed by atoms with van der Waals surface area (Å²) in [6.07, 6.45) is 7.20. The minimum atomic E-state index is -1.11. The first-order valence-electron chi connectivity index (χ1n) is 10.7. The van der Waals surface area contributed by atoms with Crippen LogP contribution in [0.4, 0.5) is 0 Å². The Morgan fingerprint density at radius 2 is 1.41 bits per heavy atom. The first kappa shape index (κ1) is 23.5. The van der Waals surface area contributed by atoms with E-state index in [-0.39, 0.29) is 31.2 Å². The fraction of sp³-hybridized carbons (Fsp3) is 0.320. The maximum Gasteiger partial charge on any atom is 0.182 e. The van der Waals surface area contributed by atoms with Gasteiger partial charge in [-0.15, -0.1) is 0 Å². The molecule has 1 aliphatic rings. The number of rotatable bonds is 7. The van der Waals surface area contributed by atoms with Crippen LogP contribution in [0.2, 0.25) is 20.1 Å². The van der Waals surface area contributed by atoms with Gasteiger partial charge in [0.05, 0.1) is 42.4 Å². The van der Waals surface area contributed by atoms with E-state index >= 15 is 0 Å². The number of benzene rings is 2. The summed E-state index contributed by atoms with van der Waals surface area (Å²) in [4.78, 5) is 30.9. The summed E-state index contributed by atoms with van der Waals surface area (Å²) in [5.74, 6) is -2.05. The number of aromatic nitrogens is 1. The molecule has 7 heteroatoms. The summed E-state index contributed by atoms with van der Waals surface area (Å²) in [6.45, 7) is 2.21. The van der Waals surface area contributed by atoms with Gasteiger partial charge in [-0.05, 0) is 36.6 Å². The molecule has 1 aromatic heterocycles. The molecule has 0 N–H and O–H groups in total. The molecule has 0 spiro atoms. The molecule has 0 fully saturated rings. The molecule has 0 amide bonds. The molecule has 0 bridgehead atoms. The van der Waals surface area contributed by atoms with E-state index in [4.69, 9.17) is 46.4 Å². The van der Waals surface area contributed by atoms with E-state index in [1.807, 2.05) is 12.1 Å². The van der Waals surface area contributed by atoms with Gasteiger partial charge in [-0.25, -0.2) is 0 Å². The molecule has 0 atom stereocenters. The highest BCUT2D eigenvalue weighted by Gasteiger charge is 2.45. The third-order valence-corrected chi connectivity index (χ3v) is 7.73. The monoisotopic (exact) mass is 507 g/mol. The Labute approximate surface area is 207 Å². The zero-order chi connectivity index (χ0) is 23.0. The Kier molecular flexibility index (Phi) is 7.11. The van der Waals surface area contributed by atoms with E-state index in [0.717, 1.165) is 23.7 Å². The molecule has 0 saturated heterocycles. The van der Waals surface area contributed by atoms with Crippen molar-refractivity contribution in [3.63, 3.8) is 0 Å². The number of halogens is 4. The number of ketones is 2. The molecule has 1 heterocycles. The van der Waals surface area contributed by atoms with Crippen molar-refractivity contribution in [1.82, 2.24) is 4.98 Å². The highest BCUT2D eigenvalue weighted by molar-refractivity contribution is 6.55. The van der Waals surface area contributed by atoms with Gasteiger partial charge in [0.15, 0.2) is 11.6 Å². The average molecular weight is 509 g/mol. The second-order valence-electron chi connectivity index (χ2n) is 8.09. The average Bonchev–Trinajstić information content (AvgIpc) is 3.05. The maximum absolute atomic E-state index is 13.1. The Balaban J connectivity index is 1.62. The van der Waals surface area contributed by atoms with E-state index < -0.39 is 17.5 Å². The van der Waals surface area contributed by atoms with Crippen LogP contribution in [-0.4, -0.2) is 16.6 Å². The maximum atomic E-state index is 13.1. The number of carbonyl (C=O) groups excluding carboxylic acids is 2. The van der Waals surface area contributed by atoms with Gasteiger partial charge in [0, 0.05) is 5.39 Å². The molecule has 0 unspecified atom stereocenters. The van der Waals surface area contributed by atoms with E-state index in [2.05, 4.69) is 24.0 Å². The summed E-state index contributed by atoms with van der Waals surface area (Å²) >= 11 is 24.7. The summed E-state index contributed by atoms with van der Waals surface area (Å²) < 4.78 is 0. The van der Waals surface area contributed by atoms with Gasteiger partial charge in [-0.2, -0.15) is 0 Å². The van der Waals surface area contributed by atoms with Crippen LogP contribution in [-0.2, 0) is 6.42 Å². The van der Waals surface area contributed by atoms with Crippen molar-refractivity contribution in [1.29, 1.82) is 0 Å². The molecule has 2 aromatic carbocycles.